The second-order valence-corrected chi connectivity index (χ2v) is 4.47. The largest absolute Gasteiger partial charge is 0.383 e. The van der Waals surface area contributed by atoms with E-state index in [1.165, 1.54) is 11.1 Å². The number of nitrogens with one attached hydrogen (secondary N) is 1. The Morgan fingerprint density at radius 3 is 3.21 bits per heavy atom. The van der Waals surface area contributed by atoms with Gasteiger partial charge in [0, 0.05) is 11.6 Å². The lowest BCUT2D eigenvalue weighted by Gasteiger charge is -2.26. The minimum Gasteiger partial charge on any atom is -0.383 e. The molecule has 1 N–H and O–H groups in total. The maximum absolute atomic E-state index is 5.19. The molecular formula is C11H14BrNO. The zero-order chi connectivity index (χ0) is 9.97. The van der Waals surface area contributed by atoms with Gasteiger partial charge in [-0.05, 0) is 36.2 Å². The first-order valence-electron chi connectivity index (χ1n) is 4.82. The summed E-state index contributed by atoms with van der Waals surface area (Å²) in [5.41, 5.74) is 2.81. The average Bonchev–Trinajstić information content (AvgIpc) is 2.18. The van der Waals surface area contributed by atoms with Crippen molar-refractivity contribution in [1.29, 1.82) is 0 Å². The van der Waals surface area contributed by atoms with Gasteiger partial charge in [0.05, 0.1) is 12.6 Å². The standard InChI is InChI=1S/C11H14BrNO/c1-14-7-11-10-3-2-9(12)6-8(10)4-5-13-11/h2-3,6,11,13H,4-5,7H2,1H3. The molecule has 76 valence electrons. The lowest BCUT2D eigenvalue weighted by molar-refractivity contribution is 0.164. The van der Waals surface area contributed by atoms with Crippen LogP contribution in [0.25, 0.3) is 0 Å². The van der Waals surface area contributed by atoms with E-state index in [0.29, 0.717) is 6.04 Å². The van der Waals surface area contributed by atoms with Crippen LogP contribution >= 0.6 is 15.9 Å². The molecule has 1 aliphatic heterocycles. The summed E-state index contributed by atoms with van der Waals surface area (Å²) in [6.07, 6.45) is 1.11. The van der Waals surface area contributed by atoms with Crippen LogP contribution in [0.3, 0.4) is 0 Å². The molecule has 0 amide bonds. The summed E-state index contributed by atoms with van der Waals surface area (Å²) in [5, 5.41) is 3.46. The van der Waals surface area contributed by atoms with Gasteiger partial charge < -0.3 is 10.1 Å². The van der Waals surface area contributed by atoms with E-state index in [1.54, 1.807) is 7.11 Å². The van der Waals surface area contributed by atoms with E-state index in [4.69, 9.17) is 4.74 Å². The van der Waals surface area contributed by atoms with E-state index in [-0.39, 0.29) is 0 Å². The molecule has 3 heteroatoms. The number of hydrogen-bond donors (Lipinski definition) is 1. The highest BCUT2D eigenvalue weighted by molar-refractivity contribution is 9.10. The van der Waals surface area contributed by atoms with Crippen molar-refractivity contribution >= 4 is 15.9 Å². The first-order chi connectivity index (χ1) is 6.81. The summed E-state index contributed by atoms with van der Waals surface area (Å²) in [7, 11) is 1.74. The molecule has 1 atom stereocenters. The van der Waals surface area contributed by atoms with Crippen LogP contribution in [0.4, 0.5) is 0 Å². The zero-order valence-corrected chi connectivity index (χ0v) is 9.80. The van der Waals surface area contributed by atoms with Crippen LogP contribution in [0.5, 0.6) is 0 Å². The third-order valence-electron chi connectivity index (χ3n) is 2.60. The average molecular weight is 256 g/mol. The topological polar surface area (TPSA) is 21.3 Å². The highest BCUT2D eigenvalue weighted by Gasteiger charge is 2.18. The number of fused-ring (bicyclic) bond motifs is 1. The Hall–Kier alpha value is -0.380. The van der Waals surface area contributed by atoms with Crippen LogP contribution in [0.1, 0.15) is 17.2 Å². The molecule has 1 heterocycles. The second kappa shape index (κ2) is 4.43. The van der Waals surface area contributed by atoms with Crippen molar-refractivity contribution in [2.75, 3.05) is 20.3 Å². The van der Waals surface area contributed by atoms with Crippen molar-refractivity contribution in [3.05, 3.63) is 33.8 Å². The SMILES string of the molecule is COCC1NCCc2cc(Br)ccc21. The van der Waals surface area contributed by atoms with Crippen LogP contribution in [-0.4, -0.2) is 20.3 Å². The summed E-state index contributed by atoms with van der Waals surface area (Å²) < 4.78 is 6.36. The van der Waals surface area contributed by atoms with Crippen LogP contribution in [-0.2, 0) is 11.2 Å². The molecule has 0 aromatic heterocycles. The summed E-state index contributed by atoms with van der Waals surface area (Å²) in [6, 6.07) is 6.83. The van der Waals surface area contributed by atoms with E-state index in [2.05, 4.69) is 39.4 Å². The van der Waals surface area contributed by atoms with Crippen molar-refractivity contribution in [1.82, 2.24) is 5.32 Å². The minimum absolute atomic E-state index is 0.358. The van der Waals surface area contributed by atoms with Crippen LogP contribution in [0, 0.1) is 0 Å². The van der Waals surface area contributed by atoms with Crippen LogP contribution < -0.4 is 5.32 Å². The van der Waals surface area contributed by atoms with Crippen molar-refractivity contribution in [2.45, 2.75) is 12.5 Å². The predicted octanol–water partition coefficient (Wildman–Crippen LogP) is 2.28. The van der Waals surface area contributed by atoms with Gasteiger partial charge in [-0.15, -0.1) is 0 Å². The van der Waals surface area contributed by atoms with Crippen LogP contribution in [0.2, 0.25) is 0 Å². The Bertz CT molecular complexity index is 327. The van der Waals surface area contributed by atoms with Crippen molar-refractivity contribution in [2.24, 2.45) is 0 Å². The Labute approximate surface area is 92.8 Å². The fraction of sp³-hybridized carbons (Fsp3) is 0.455. The molecule has 0 bridgehead atoms. The van der Waals surface area contributed by atoms with Gasteiger partial charge in [0.25, 0.3) is 0 Å². The molecule has 2 rings (SSSR count). The van der Waals surface area contributed by atoms with Crippen molar-refractivity contribution < 1.29 is 4.74 Å². The Morgan fingerprint density at radius 1 is 1.57 bits per heavy atom. The van der Waals surface area contributed by atoms with Gasteiger partial charge in [-0.2, -0.15) is 0 Å². The normalized spacial score (nSPS) is 20.6. The maximum atomic E-state index is 5.19. The molecule has 14 heavy (non-hydrogen) atoms. The zero-order valence-electron chi connectivity index (χ0n) is 8.22. The van der Waals surface area contributed by atoms with Crippen molar-refractivity contribution in [3.63, 3.8) is 0 Å². The minimum atomic E-state index is 0.358. The number of benzene rings is 1. The molecule has 1 aliphatic rings. The van der Waals surface area contributed by atoms with E-state index in [1.807, 2.05) is 0 Å². The Balaban J connectivity index is 2.30. The van der Waals surface area contributed by atoms with E-state index in [0.717, 1.165) is 24.0 Å². The molecular weight excluding hydrogens is 242 g/mol. The molecule has 0 aliphatic carbocycles. The summed E-state index contributed by atoms with van der Waals surface area (Å²) in [5.74, 6) is 0. The quantitative estimate of drug-likeness (QED) is 0.876. The van der Waals surface area contributed by atoms with Crippen LogP contribution in [0.15, 0.2) is 22.7 Å². The van der Waals surface area contributed by atoms with Gasteiger partial charge in [-0.3, -0.25) is 0 Å². The number of methoxy groups -OCH3 is 1. The molecule has 1 aromatic rings. The number of hydrogen-bond acceptors (Lipinski definition) is 2. The molecule has 1 aromatic carbocycles. The molecule has 0 saturated heterocycles. The van der Waals surface area contributed by atoms with E-state index >= 15 is 0 Å². The van der Waals surface area contributed by atoms with Crippen molar-refractivity contribution in [3.8, 4) is 0 Å². The molecule has 0 spiro atoms. The lowest BCUT2D eigenvalue weighted by Crippen LogP contribution is -2.32. The summed E-state index contributed by atoms with van der Waals surface area (Å²) in [6.45, 7) is 1.78. The molecule has 2 nitrogen and oxygen atoms in total. The molecule has 0 radical (unpaired) electrons. The Morgan fingerprint density at radius 2 is 2.43 bits per heavy atom. The third-order valence-corrected chi connectivity index (χ3v) is 3.09. The first kappa shape index (κ1) is 10.1. The highest BCUT2D eigenvalue weighted by atomic mass is 79.9. The fourth-order valence-electron chi connectivity index (χ4n) is 1.94. The maximum Gasteiger partial charge on any atom is 0.0657 e. The number of rotatable bonds is 2. The van der Waals surface area contributed by atoms with Gasteiger partial charge in [-0.25, -0.2) is 0 Å². The van der Waals surface area contributed by atoms with Gasteiger partial charge >= 0.3 is 0 Å². The van der Waals surface area contributed by atoms with Gasteiger partial charge in [0.1, 0.15) is 0 Å². The van der Waals surface area contributed by atoms with Gasteiger partial charge in [0.2, 0.25) is 0 Å². The van der Waals surface area contributed by atoms with E-state index < -0.39 is 0 Å². The van der Waals surface area contributed by atoms with Gasteiger partial charge in [0.15, 0.2) is 0 Å². The van der Waals surface area contributed by atoms with E-state index in [9.17, 15) is 0 Å². The lowest BCUT2D eigenvalue weighted by atomic mass is 9.95. The van der Waals surface area contributed by atoms with Gasteiger partial charge in [-0.1, -0.05) is 22.0 Å². The summed E-state index contributed by atoms with van der Waals surface area (Å²) >= 11 is 3.50. The monoisotopic (exact) mass is 255 g/mol. The molecule has 1 unspecified atom stereocenters. The molecule has 0 fully saturated rings. The third kappa shape index (κ3) is 2.00. The number of halogens is 1. The second-order valence-electron chi connectivity index (χ2n) is 3.56. The number of ether oxygens (including phenoxy) is 1. The smallest absolute Gasteiger partial charge is 0.0657 e. The molecule has 0 saturated carbocycles. The predicted molar refractivity (Wildman–Crippen MR) is 60.5 cm³/mol. The fourth-order valence-corrected chi connectivity index (χ4v) is 2.35. The summed E-state index contributed by atoms with van der Waals surface area (Å²) in [4.78, 5) is 0. The highest BCUT2D eigenvalue weighted by Crippen LogP contribution is 2.25. The first-order valence-corrected chi connectivity index (χ1v) is 5.61. The Kier molecular flexibility index (Phi) is 3.21.